The van der Waals surface area contributed by atoms with Gasteiger partial charge in [0.25, 0.3) is 0 Å². The summed E-state index contributed by atoms with van der Waals surface area (Å²) >= 11 is 0. The maximum absolute atomic E-state index is 14.3. The second-order valence-corrected chi connectivity index (χ2v) is 7.21. The van der Waals surface area contributed by atoms with Crippen molar-refractivity contribution < 1.29 is 18.3 Å². The van der Waals surface area contributed by atoms with Gasteiger partial charge in [-0.1, -0.05) is 36.4 Å². The van der Waals surface area contributed by atoms with E-state index < -0.39 is 11.6 Å². The molecule has 1 saturated carbocycles. The summed E-state index contributed by atoms with van der Waals surface area (Å²) in [4.78, 5) is 11.3. The molecule has 2 aromatic rings. The van der Waals surface area contributed by atoms with Crippen LogP contribution < -0.4 is 4.74 Å². The van der Waals surface area contributed by atoms with Gasteiger partial charge in [-0.15, -0.1) is 0 Å². The number of carbonyl (C=O) groups excluding carboxylic acids is 1. The van der Waals surface area contributed by atoms with E-state index in [1.807, 2.05) is 24.3 Å². The third-order valence-corrected chi connectivity index (χ3v) is 5.21. The Morgan fingerprint density at radius 1 is 1.04 bits per heavy atom. The number of benzene rings is 2. The second kappa shape index (κ2) is 9.63. The molecule has 0 radical (unpaired) electrons. The number of carbonyl (C=O) groups is 1. The molecule has 2 nitrogen and oxygen atoms in total. The minimum atomic E-state index is -0.946. The fraction of sp³-hybridized carbons (Fsp3) is 0.375. The molecular weight excluding hydrogens is 358 g/mol. The Morgan fingerprint density at radius 3 is 2.43 bits per heavy atom. The third kappa shape index (κ3) is 5.06. The first kappa shape index (κ1) is 20.2. The van der Waals surface area contributed by atoms with E-state index in [1.165, 1.54) is 6.07 Å². The summed E-state index contributed by atoms with van der Waals surface area (Å²) in [5, 5.41) is 0. The van der Waals surface area contributed by atoms with Crippen LogP contribution in [0, 0.1) is 17.6 Å². The highest BCUT2D eigenvalue weighted by Gasteiger charge is 2.16. The van der Waals surface area contributed by atoms with Crippen LogP contribution in [0.5, 0.6) is 5.75 Å². The summed E-state index contributed by atoms with van der Waals surface area (Å²) in [6, 6.07) is 10.6. The Labute approximate surface area is 165 Å². The number of aryl methyl sites for hydroxylation is 1. The van der Waals surface area contributed by atoms with Crippen LogP contribution in [0.1, 0.15) is 44.6 Å². The van der Waals surface area contributed by atoms with Gasteiger partial charge in [-0.05, 0) is 61.8 Å². The fourth-order valence-corrected chi connectivity index (χ4v) is 3.57. The fourth-order valence-electron chi connectivity index (χ4n) is 3.57. The number of rotatable bonds is 7. The molecule has 2 aromatic carbocycles. The zero-order valence-corrected chi connectivity index (χ0v) is 16.2. The highest BCUT2D eigenvalue weighted by atomic mass is 19.2. The van der Waals surface area contributed by atoms with Crippen LogP contribution in [0.15, 0.2) is 48.6 Å². The second-order valence-electron chi connectivity index (χ2n) is 7.21. The maximum Gasteiger partial charge on any atom is 0.201 e. The van der Waals surface area contributed by atoms with Crippen molar-refractivity contribution in [3.8, 4) is 16.9 Å². The molecule has 0 N–H and O–H groups in total. The number of Topliss-reactive ketones (excluding diaryl/α,β-unsaturated/α-hetero) is 1. The number of hydrogen-bond acceptors (Lipinski definition) is 2. The average Bonchev–Trinajstić information content (AvgIpc) is 2.71. The Morgan fingerprint density at radius 2 is 1.75 bits per heavy atom. The molecule has 0 heterocycles. The van der Waals surface area contributed by atoms with Gasteiger partial charge in [0.05, 0.1) is 6.61 Å². The first-order valence-electron chi connectivity index (χ1n) is 9.97. The Hall–Kier alpha value is -2.49. The normalized spacial score (nSPS) is 15.3. The van der Waals surface area contributed by atoms with Gasteiger partial charge in [0.15, 0.2) is 11.6 Å². The standard InChI is InChI=1S/C24H26F2O2/c1-2-28-22-16-15-21(23(25)24(22)26)19-11-7-17(8-12-19)5-3-4-6-18-9-13-20(27)14-10-18/h4,6-8,11-12,15-16,18H,2-3,5,9-10,13-14H2,1H3/b6-4+. The molecule has 0 spiro atoms. The molecule has 28 heavy (non-hydrogen) atoms. The van der Waals surface area contributed by atoms with Crippen molar-refractivity contribution in [3.63, 3.8) is 0 Å². The van der Waals surface area contributed by atoms with Crippen molar-refractivity contribution >= 4 is 5.78 Å². The average molecular weight is 384 g/mol. The van der Waals surface area contributed by atoms with Gasteiger partial charge in [-0.25, -0.2) is 4.39 Å². The number of ether oxygens (including phenoxy) is 1. The number of ketones is 1. The summed E-state index contributed by atoms with van der Waals surface area (Å²) in [5.41, 5.74) is 2.03. The van der Waals surface area contributed by atoms with E-state index in [2.05, 4.69) is 12.2 Å². The van der Waals surface area contributed by atoms with E-state index in [-0.39, 0.29) is 17.9 Å². The maximum atomic E-state index is 14.3. The van der Waals surface area contributed by atoms with Crippen LogP contribution in [-0.2, 0) is 11.2 Å². The van der Waals surface area contributed by atoms with Crippen LogP contribution in [0.3, 0.4) is 0 Å². The molecule has 0 saturated heterocycles. The van der Waals surface area contributed by atoms with Crippen LogP contribution in [0.2, 0.25) is 0 Å². The highest BCUT2D eigenvalue weighted by molar-refractivity contribution is 5.79. The lowest BCUT2D eigenvalue weighted by atomic mass is 9.88. The molecule has 4 heteroatoms. The highest BCUT2D eigenvalue weighted by Crippen LogP contribution is 2.30. The summed E-state index contributed by atoms with van der Waals surface area (Å²) in [7, 11) is 0. The van der Waals surface area contributed by atoms with Crippen LogP contribution in [0.4, 0.5) is 8.78 Å². The lowest BCUT2D eigenvalue weighted by molar-refractivity contribution is -0.120. The summed E-state index contributed by atoms with van der Waals surface area (Å²) in [6.45, 7) is 2.02. The molecule has 0 unspecified atom stereocenters. The molecular formula is C24H26F2O2. The van der Waals surface area contributed by atoms with Crippen LogP contribution >= 0.6 is 0 Å². The molecule has 0 bridgehead atoms. The number of halogens is 2. The molecule has 0 aromatic heterocycles. The van der Waals surface area contributed by atoms with Crippen molar-refractivity contribution in [2.75, 3.05) is 6.61 Å². The van der Waals surface area contributed by atoms with E-state index in [9.17, 15) is 13.6 Å². The van der Waals surface area contributed by atoms with Crippen molar-refractivity contribution in [2.45, 2.75) is 45.4 Å². The van der Waals surface area contributed by atoms with Crippen molar-refractivity contribution in [1.82, 2.24) is 0 Å². The van der Waals surface area contributed by atoms with Gasteiger partial charge in [-0.3, -0.25) is 4.79 Å². The smallest absolute Gasteiger partial charge is 0.201 e. The van der Waals surface area contributed by atoms with Gasteiger partial charge < -0.3 is 4.74 Å². The number of allylic oxidation sites excluding steroid dienone is 2. The zero-order chi connectivity index (χ0) is 19.9. The van der Waals surface area contributed by atoms with E-state index in [0.29, 0.717) is 30.1 Å². The lowest BCUT2D eigenvalue weighted by Crippen LogP contribution is -2.11. The quantitative estimate of drug-likeness (QED) is 0.525. The predicted molar refractivity (Wildman–Crippen MR) is 107 cm³/mol. The van der Waals surface area contributed by atoms with Crippen molar-refractivity contribution in [2.24, 2.45) is 5.92 Å². The van der Waals surface area contributed by atoms with E-state index in [0.717, 1.165) is 31.2 Å². The van der Waals surface area contributed by atoms with Gasteiger partial charge in [0.2, 0.25) is 5.82 Å². The van der Waals surface area contributed by atoms with Gasteiger partial charge in [0.1, 0.15) is 5.78 Å². The summed E-state index contributed by atoms with van der Waals surface area (Å²) in [5.74, 6) is -0.980. The predicted octanol–water partition coefficient (Wildman–Crippen LogP) is 6.28. The molecule has 0 atom stereocenters. The third-order valence-electron chi connectivity index (χ3n) is 5.21. The molecule has 1 aliphatic rings. The van der Waals surface area contributed by atoms with Crippen LogP contribution in [-0.4, -0.2) is 12.4 Å². The number of hydrogen-bond donors (Lipinski definition) is 0. The monoisotopic (exact) mass is 384 g/mol. The van der Waals surface area contributed by atoms with E-state index >= 15 is 0 Å². The Balaban J connectivity index is 1.58. The molecule has 1 aliphatic carbocycles. The molecule has 0 amide bonds. The topological polar surface area (TPSA) is 26.3 Å². The largest absolute Gasteiger partial charge is 0.491 e. The first-order chi connectivity index (χ1) is 13.6. The SMILES string of the molecule is CCOc1ccc(-c2ccc(CC/C=C/C3CCC(=O)CC3)cc2)c(F)c1F. The molecule has 0 aliphatic heterocycles. The van der Waals surface area contributed by atoms with Gasteiger partial charge in [0, 0.05) is 18.4 Å². The Bertz CT molecular complexity index is 830. The molecule has 148 valence electrons. The van der Waals surface area contributed by atoms with E-state index in [1.54, 1.807) is 13.0 Å². The molecule has 3 rings (SSSR count). The minimum absolute atomic E-state index is 0.0607. The van der Waals surface area contributed by atoms with Crippen LogP contribution in [0.25, 0.3) is 11.1 Å². The minimum Gasteiger partial charge on any atom is -0.491 e. The van der Waals surface area contributed by atoms with Gasteiger partial charge >= 0.3 is 0 Å². The van der Waals surface area contributed by atoms with Crippen molar-refractivity contribution in [1.29, 1.82) is 0 Å². The van der Waals surface area contributed by atoms with E-state index in [4.69, 9.17) is 4.74 Å². The first-order valence-corrected chi connectivity index (χ1v) is 9.97. The lowest BCUT2D eigenvalue weighted by Gasteiger charge is -2.16. The zero-order valence-electron chi connectivity index (χ0n) is 16.2. The summed E-state index contributed by atoms with van der Waals surface area (Å²) < 4.78 is 33.5. The summed E-state index contributed by atoms with van der Waals surface area (Å²) in [6.07, 6.45) is 9.59. The molecule has 1 fully saturated rings. The Kier molecular flexibility index (Phi) is 6.96. The van der Waals surface area contributed by atoms with Crippen molar-refractivity contribution in [3.05, 3.63) is 65.7 Å². The van der Waals surface area contributed by atoms with Gasteiger partial charge in [-0.2, -0.15) is 4.39 Å².